The second-order valence-corrected chi connectivity index (χ2v) is 4.40. The molecule has 0 saturated heterocycles. The molecule has 19 heavy (non-hydrogen) atoms. The predicted octanol–water partition coefficient (Wildman–Crippen LogP) is 2.64. The Labute approximate surface area is 110 Å². The normalized spacial score (nSPS) is 12.1. The van der Waals surface area contributed by atoms with Crippen molar-refractivity contribution in [1.82, 2.24) is 0 Å². The van der Waals surface area contributed by atoms with Crippen molar-refractivity contribution in [2.45, 2.75) is 19.8 Å². The monoisotopic (exact) mass is 258 g/mol. The fourth-order valence-corrected chi connectivity index (χ4v) is 1.93. The lowest BCUT2D eigenvalue weighted by Gasteiger charge is -2.11. The molecule has 0 aliphatic heterocycles. The van der Waals surface area contributed by atoms with Gasteiger partial charge < -0.3 is 9.52 Å². The molecule has 0 spiro atoms. The zero-order valence-corrected chi connectivity index (χ0v) is 10.7. The summed E-state index contributed by atoms with van der Waals surface area (Å²) in [6.07, 6.45) is 0. The van der Waals surface area contributed by atoms with E-state index in [-0.39, 0.29) is 17.1 Å². The molecule has 4 heteroatoms. The Morgan fingerprint density at radius 1 is 1.26 bits per heavy atom. The number of aryl methyl sites for hydroxylation is 1. The van der Waals surface area contributed by atoms with Crippen molar-refractivity contribution in [3.05, 3.63) is 63.7 Å². The lowest BCUT2D eigenvalue weighted by molar-refractivity contribution is 0.0959. The van der Waals surface area contributed by atoms with Gasteiger partial charge in [0.05, 0.1) is 0 Å². The van der Waals surface area contributed by atoms with Crippen LogP contribution < -0.4 is 5.63 Å². The Kier molecular flexibility index (Phi) is 3.51. The van der Waals surface area contributed by atoms with Gasteiger partial charge in [-0.1, -0.05) is 37.3 Å². The lowest BCUT2D eigenvalue weighted by Crippen LogP contribution is -2.19. The molecule has 98 valence electrons. The number of aromatic hydroxyl groups is 1. The molecule has 2 rings (SSSR count). The summed E-state index contributed by atoms with van der Waals surface area (Å²) in [6.45, 7) is 3.23. The Morgan fingerprint density at radius 2 is 1.89 bits per heavy atom. The molecular formula is C15H14O4. The fraction of sp³-hybridized carbons (Fsp3) is 0.200. The number of Topliss-reactive ketones (excluding diaryl/α,β-unsaturated/α-hetero) is 1. The van der Waals surface area contributed by atoms with Crippen LogP contribution in [0.3, 0.4) is 0 Å². The molecule has 2 aromatic rings. The van der Waals surface area contributed by atoms with Crippen LogP contribution in [0.15, 0.2) is 45.6 Å². The molecule has 1 unspecified atom stereocenters. The third kappa shape index (κ3) is 2.57. The minimum atomic E-state index is -0.801. The smallest absolute Gasteiger partial charge is 0.350 e. The molecule has 1 atom stereocenters. The number of benzene rings is 1. The maximum atomic E-state index is 12.3. The van der Waals surface area contributed by atoms with Gasteiger partial charge in [-0.2, -0.15) is 0 Å². The van der Waals surface area contributed by atoms with E-state index >= 15 is 0 Å². The van der Waals surface area contributed by atoms with Gasteiger partial charge in [0.15, 0.2) is 5.78 Å². The lowest BCUT2D eigenvalue weighted by atomic mass is 9.93. The van der Waals surface area contributed by atoms with Crippen LogP contribution in [0.1, 0.15) is 34.5 Å². The van der Waals surface area contributed by atoms with Gasteiger partial charge in [-0.3, -0.25) is 4.79 Å². The van der Waals surface area contributed by atoms with Crippen molar-refractivity contribution >= 4 is 5.78 Å². The second kappa shape index (κ2) is 5.10. The summed E-state index contributed by atoms with van der Waals surface area (Å²) in [5.41, 5.74) is -0.306. The Balaban J connectivity index is 2.43. The van der Waals surface area contributed by atoms with Crippen LogP contribution in [0.2, 0.25) is 0 Å². The van der Waals surface area contributed by atoms with Gasteiger partial charge >= 0.3 is 5.63 Å². The zero-order chi connectivity index (χ0) is 14.0. The molecule has 4 nitrogen and oxygen atoms in total. The number of ketones is 1. The van der Waals surface area contributed by atoms with E-state index in [0.717, 1.165) is 5.56 Å². The quantitative estimate of drug-likeness (QED) is 0.859. The summed E-state index contributed by atoms with van der Waals surface area (Å²) in [5, 5.41) is 9.76. The summed E-state index contributed by atoms with van der Waals surface area (Å²) in [4.78, 5) is 24.0. The highest BCUT2D eigenvalue weighted by atomic mass is 16.4. The van der Waals surface area contributed by atoms with E-state index in [2.05, 4.69) is 0 Å². The third-order valence-corrected chi connectivity index (χ3v) is 2.99. The number of carbonyl (C=O) groups is 1. The number of rotatable bonds is 3. The fourth-order valence-electron chi connectivity index (χ4n) is 1.93. The standard InChI is InChI=1S/C15H14O4/c1-9-8-12(16)13(15(18)19-9)14(17)10(2)11-6-4-3-5-7-11/h3-8,10,16H,1-2H3. The van der Waals surface area contributed by atoms with Crippen LogP contribution in [0.5, 0.6) is 5.75 Å². The highest BCUT2D eigenvalue weighted by Crippen LogP contribution is 2.24. The van der Waals surface area contributed by atoms with Crippen molar-refractivity contribution < 1.29 is 14.3 Å². The second-order valence-electron chi connectivity index (χ2n) is 4.40. The van der Waals surface area contributed by atoms with Crippen LogP contribution in [-0.2, 0) is 0 Å². The van der Waals surface area contributed by atoms with Gasteiger partial charge in [-0.15, -0.1) is 0 Å². The maximum absolute atomic E-state index is 12.3. The predicted molar refractivity (Wildman–Crippen MR) is 70.6 cm³/mol. The molecule has 1 aromatic carbocycles. The van der Waals surface area contributed by atoms with Crippen LogP contribution in [-0.4, -0.2) is 10.9 Å². The minimum Gasteiger partial charge on any atom is -0.507 e. The van der Waals surface area contributed by atoms with Crippen LogP contribution in [0, 0.1) is 6.92 Å². The number of hydrogen-bond donors (Lipinski definition) is 1. The Morgan fingerprint density at radius 3 is 2.47 bits per heavy atom. The van der Waals surface area contributed by atoms with Crippen molar-refractivity contribution in [2.24, 2.45) is 0 Å². The SMILES string of the molecule is Cc1cc(O)c(C(=O)C(C)c2ccccc2)c(=O)o1. The van der Waals surface area contributed by atoms with Crippen molar-refractivity contribution in [3.63, 3.8) is 0 Å². The summed E-state index contributed by atoms with van der Waals surface area (Å²) in [6, 6.07) is 10.3. The molecule has 0 fully saturated rings. The van der Waals surface area contributed by atoms with Gasteiger partial charge in [0.25, 0.3) is 0 Å². The van der Waals surface area contributed by atoms with Crippen molar-refractivity contribution in [3.8, 4) is 5.75 Å². The van der Waals surface area contributed by atoms with Crippen LogP contribution in [0.25, 0.3) is 0 Å². The van der Waals surface area contributed by atoms with Gasteiger partial charge in [0.2, 0.25) is 0 Å². The molecule has 0 saturated carbocycles. The highest BCUT2D eigenvalue weighted by molar-refractivity contribution is 6.02. The van der Waals surface area contributed by atoms with Gasteiger partial charge in [0.1, 0.15) is 17.1 Å². The number of carbonyl (C=O) groups excluding carboxylic acids is 1. The molecule has 0 amide bonds. The molecule has 0 radical (unpaired) electrons. The molecule has 1 N–H and O–H groups in total. The van der Waals surface area contributed by atoms with Gasteiger partial charge in [0, 0.05) is 12.0 Å². The average molecular weight is 258 g/mol. The van der Waals surface area contributed by atoms with Gasteiger partial charge in [-0.05, 0) is 12.5 Å². The van der Waals surface area contributed by atoms with E-state index in [0.29, 0.717) is 0 Å². The first-order chi connectivity index (χ1) is 9.00. The van der Waals surface area contributed by atoms with E-state index in [1.54, 1.807) is 19.1 Å². The summed E-state index contributed by atoms with van der Waals surface area (Å²) in [5.74, 6) is -1.02. The zero-order valence-electron chi connectivity index (χ0n) is 10.7. The Bertz CT molecular complexity index is 656. The highest BCUT2D eigenvalue weighted by Gasteiger charge is 2.24. The van der Waals surface area contributed by atoms with Crippen molar-refractivity contribution in [1.29, 1.82) is 0 Å². The molecule has 0 aliphatic rings. The largest absolute Gasteiger partial charge is 0.507 e. The summed E-state index contributed by atoms with van der Waals surface area (Å²) < 4.78 is 4.86. The minimum absolute atomic E-state index is 0.270. The number of hydrogen-bond acceptors (Lipinski definition) is 4. The van der Waals surface area contributed by atoms with Crippen molar-refractivity contribution in [2.75, 3.05) is 0 Å². The third-order valence-electron chi connectivity index (χ3n) is 2.99. The molecule has 1 aromatic heterocycles. The van der Waals surface area contributed by atoms with E-state index in [1.165, 1.54) is 13.0 Å². The molecular weight excluding hydrogens is 244 g/mol. The van der Waals surface area contributed by atoms with Gasteiger partial charge in [-0.25, -0.2) is 4.79 Å². The maximum Gasteiger partial charge on any atom is 0.350 e. The average Bonchev–Trinajstić information content (AvgIpc) is 2.37. The van der Waals surface area contributed by atoms with Crippen LogP contribution >= 0.6 is 0 Å². The Hall–Kier alpha value is -2.36. The molecule has 0 bridgehead atoms. The first-order valence-corrected chi connectivity index (χ1v) is 5.93. The van der Waals surface area contributed by atoms with E-state index in [4.69, 9.17) is 4.42 Å². The topological polar surface area (TPSA) is 67.5 Å². The summed E-state index contributed by atoms with van der Waals surface area (Å²) >= 11 is 0. The summed E-state index contributed by atoms with van der Waals surface area (Å²) in [7, 11) is 0. The first kappa shape index (κ1) is 13.1. The van der Waals surface area contributed by atoms with E-state index < -0.39 is 17.3 Å². The van der Waals surface area contributed by atoms with Crippen LogP contribution in [0.4, 0.5) is 0 Å². The van der Waals surface area contributed by atoms with E-state index in [9.17, 15) is 14.7 Å². The molecule has 1 heterocycles. The van der Waals surface area contributed by atoms with E-state index in [1.807, 2.05) is 18.2 Å². The first-order valence-electron chi connectivity index (χ1n) is 5.93. The molecule has 0 aliphatic carbocycles.